The molecule has 0 bridgehead atoms. The van der Waals surface area contributed by atoms with Crippen molar-refractivity contribution in [1.82, 2.24) is 0 Å². The van der Waals surface area contributed by atoms with Gasteiger partial charge in [0.15, 0.2) is 0 Å². The van der Waals surface area contributed by atoms with Gasteiger partial charge in [0, 0.05) is 0 Å². The summed E-state index contributed by atoms with van der Waals surface area (Å²) in [6.45, 7) is 12.3. The van der Waals surface area contributed by atoms with Gasteiger partial charge >= 0.3 is 0 Å². The highest BCUT2D eigenvalue weighted by Crippen LogP contribution is 2.61. The van der Waals surface area contributed by atoms with E-state index in [2.05, 4.69) is 27.4 Å². The fourth-order valence-electron chi connectivity index (χ4n) is 6.50. The van der Waals surface area contributed by atoms with Crippen molar-refractivity contribution in [2.45, 2.75) is 78.2 Å². The molecule has 0 aliphatic heterocycles. The van der Waals surface area contributed by atoms with Crippen molar-refractivity contribution < 1.29 is 5.11 Å². The molecule has 3 rings (SSSR count). The first-order chi connectivity index (χ1) is 10.8. The van der Waals surface area contributed by atoms with Crippen LogP contribution in [0, 0.1) is 34.5 Å². The van der Waals surface area contributed by atoms with Crippen molar-refractivity contribution in [2.75, 3.05) is 6.54 Å². The first kappa shape index (κ1) is 17.5. The number of hydrogen-bond donors (Lipinski definition) is 2. The molecule has 23 heavy (non-hydrogen) atoms. The topological polar surface area (TPSA) is 46.2 Å². The summed E-state index contributed by atoms with van der Waals surface area (Å²) in [6.07, 6.45) is 9.50. The van der Waals surface area contributed by atoms with Crippen LogP contribution in [-0.2, 0) is 0 Å². The monoisotopic (exact) mass is 319 g/mol. The Morgan fingerprint density at radius 3 is 2.61 bits per heavy atom. The number of rotatable bonds is 3. The van der Waals surface area contributed by atoms with E-state index in [9.17, 15) is 5.11 Å². The van der Waals surface area contributed by atoms with E-state index in [1.54, 1.807) is 0 Å². The highest BCUT2D eigenvalue weighted by atomic mass is 16.3. The van der Waals surface area contributed by atoms with Gasteiger partial charge in [0.2, 0.25) is 0 Å². The minimum Gasteiger partial charge on any atom is -0.392 e. The van der Waals surface area contributed by atoms with Crippen LogP contribution in [0.25, 0.3) is 0 Å². The molecule has 2 heteroatoms. The Morgan fingerprint density at radius 2 is 1.91 bits per heavy atom. The Morgan fingerprint density at radius 1 is 1.17 bits per heavy atom. The maximum Gasteiger partial charge on any atom is 0.0610 e. The van der Waals surface area contributed by atoms with Gasteiger partial charge in [-0.3, -0.25) is 0 Å². The first-order valence-electron chi connectivity index (χ1n) is 9.89. The third-order valence-corrected chi connectivity index (χ3v) is 8.34. The van der Waals surface area contributed by atoms with Crippen LogP contribution in [0.2, 0.25) is 0 Å². The molecule has 0 aromatic heterocycles. The van der Waals surface area contributed by atoms with Crippen molar-refractivity contribution >= 4 is 0 Å². The van der Waals surface area contributed by atoms with E-state index >= 15 is 0 Å². The van der Waals surface area contributed by atoms with Gasteiger partial charge in [-0.25, -0.2) is 0 Å². The van der Waals surface area contributed by atoms with Crippen molar-refractivity contribution in [2.24, 2.45) is 40.2 Å². The number of aliphatic hydroxyl groups excluding tert-OH is 1. The van der Waals surface area contributed by atoms with Gasteiger partial charge in [0.1, 0.15) is 0 Å². The molecule has 3 aliphatic carbocycles. The maximum atomic E-state index is 11.3. The molecule has 0 aromatic carbocycles. The zero-order valence-electron chi connectivity index (χ0n) is 15.5. The number of aliphatic hydroxyl groups is 1. The van der Waals surface area contributed by atoms with Gasteiger partial charge in [0.25, 0.3) is 0 Å². The summed E-state index contributed by atoms with van der Waals surface area (Å²) in [7, 11) is 0. The van der Waals surface area contributed by atoms with E-state index in [1.165, 1.54) is 37.7 Å². The predicted molar refractivity (Wildman–Crippen MR) is 97.0 cm³/mol. The Labute approximate surface area is 142 Å². The van der Waals surface area contributed by atoms with Crippen molar-refractivity contribution in [3.8, 4) is 0 Å². The largest absolute Gasteiger partial charge is 0.392 e. The second-order valence-corrected chi connectivity index (χ2v) is 9.46. The molecule has 2 unspecified atom stereocenters. The normalized spacial score (nSPS) is 50.8. The average Bonchev–Trinajstić information content (AvgIpc) is 2.80. The van der Waals surface area contributed by atoms with Gasteiger partial charge in [-0.05, 0) is 86.0 Å². The molecule has 0 aromatic rings. The van der Waals surface area contributed by atoms with Crippen molar-refractivity contribution in [3.63, 3.8) is 0 Å². The van der Waals surface area contributed by atoms with Crippen LogP contribution < -0.4 is 5.73 Å². The molecule has 3 saturated carbocycles. The van der Waals surface area contributed by atoms with Crippen LogP contribution in [0.15, 0.2) is 12.2 Å². The lowest BCUT2D eigenvalue weighted by Crippen LogP contribution is -2.52. The Hall–Kier alpha value is -0.340. The summed E-state index contributed by atoms with van der Waals surface area (Å²) in [4.78, 5) is 0. The lowest BCUT2D eigenvalue weighted by molar-refractivity contribution is -0.112. The Kier molecular flexibility index (Phi) is 4.70. The van der Waals surface area contributed by atoms with E-state index in [1.807, 2.05) is 0 Å². The van der Waals surface area contributed by atoms with Crippen LogP contribution in [0.4, 0.5) is 0 Å². The van der Waals surface area contributed by atoms with Gasteiger partial charge in [-0.1, -0.05) is 39.3 Å². The molecular formula is C21H37NO. The molecular weight excluding hydrogens is 282 g/mol. The van der Waals surface area contributed by atoms with Gasteiger partial charge in [-0.15, -0.1) is 0 Å². The molecule has 2 nitrogen and oxygen atoms in total. The van der Waals surface area contributed by atoms with E-state index in [-0.39, 0.29) is 16.9 Å². The minimum atomic E-state index is -0.147. The second-order valence-electron chi connectivity index (χ2n) is 9.46. The number of allylic oxidation sites excluding steroid dienone is 1. The summed E-state index contributed by atoms with van der Waals surface area (Å²) in [6, 6.07) is 0. The van der Waals surface area contributed by atoms with Gasteiger partial charge in [0.05, 0.1) is 6.10 Å². The second kappa shape index (κ2) is 6.19. The van der Waals surface area contributed by atoms with Crippen LogP contribution >= 0.6 is 0 Å². The average molecular weight is 320 g/mol. The Bertz CT molecular complexity index is 461. The molecule has 0 saturated heterocycles. The highest BCUT2D eigenvalue weighted by Gasteiger charge is 2.56. The molecule has 0 spiro atoms. The van der Waals surface area contributed by atoms with Crippen LogP contribution in [0.3, 0.4) is 0 Å². The molecule has 0 amide bonds. The molecule has 0 heterocycles. The quantitative estimate of drug-likeness (QED) is 0.751. The first-order valence-corrected chi connectivity index (χ1v) is 9.89. The fourth-order valence-corrected chi connectivity index (χ4v) is 6.50. The van der Waals surface area contributed by atoms with Gasteiger partial charge in [-0.2, -0.15) is 0 Å². The zero-order chi connectivity index (χ0) is 16.8. The third kappa shape index (κ3) is 2.70. The number of fused-ring (bicyclic) bond motifs is 1. The molecule has 3 aliphatic rings. The maximum absolute atomic E-state index is 11.3. The van der Waals surface area contributed by atoms with E-state index in [0.717, 1.165) is 31.7 Å². The lowest BCUT2D eigenvalue weighted by Gasteiger charge is -2.55. The van der Waals surface area contributed by atoms with E-state index < -0.39 is 0 Å². The van der Waals surface area contributed by atoms with Gasteiger partial charge < -0.3 is 10.8 Å². The fraction of sp³-hybridized carbons (Fsp3) is 0.905. The summed E-state index contributed by atoms with van der Waals surface area (Å²) >= 11 is 0. The number of nitrogens with two attached hydrogens (primary N) is 1. The van der Waals surface area contributed by atoms with Crippen LogP contribution in [0.5, 0.6) is 0 Å². The lowest BCUT2D eigenvalue weighted by atomic mass is 9.51. The van der Waals surface area contributed by atoms with E-state index in [4.69, 9.17) is 5.73 Å². The summed E-state index contributed by atoms with van der Waals surface area (Å²) in [5, 5.41) is 11.3. The predicted octanol–water partition coefficient (Wildman–Crippen LogP) is 4.52. The summed E-state index contributed by atoms with van der Waals surface area (Å²) in [5.41, 5.74) is 7.80. The number of hydrogen-bond acceptors (Lipinski definition) is 2. The molecule has 3 N–H and O–H groups in total. The van der Waals surface area contributed by atoms with E-state index in [0.29, 0.717) is 17.8 Å². The minimum absolute atomic E-state index is 0.147. The molecule has 0 radical (unpaired) electrons. The van der Waals surface area contributed by atoms with Crippen LogP contribution in [0.1, 0.15) is 72.1 Å². The van der Waals surface area contributed by atoms with Crippen LogP contribution in [-0.4, -0.2) is 17.8 Å². The smallest absolute Gasteiger partial charge is 0.0610 e. The zero-order valence-corrected chi connectivity index (χ0v) is 15.5. The van der Waals surface area contributed by atoms with Crippen molar-refractivity contribution in [1.29, 1.82) is 0 Å². The Balaban J connectivity index is 1.84. The third-order valence-electron chi connectivity index (χ3n) is 8.34. The summed E-state index contributed by atoms with van der Waals surface area (Å²) in [5.74, 6) is 2.39. The summed E-state index contributed by atoms with van der Waals surface area (Å²) < 4.78 is 0. The molecule has 3 fully saturated rings. The standard InChI is InChI=1S/C21H37NO/c1-14-7-10-21(4,16(13-14)9-12-22)18-8-11-20(3)15(2)5-6-17(20)19(18)23/h14,16-19,23H,2,5-13,22H2,1,3-4H3/t14-,16-,17?,18?,19-,20+,21-/m0/s1. The molecule has 7 atom stereocenters. The highest BCUT2D eigenvalue weighted by molar-refractivity contribution is 5.21. The molecule has 132 valence electrons. The SMILES string of the molecule is C=C1CCC2[C@H](O)C([C@@]3(C)CC[C@H](C)C[C@@H]3CCN)CC[C@]12C. The van der Waals surface area contributed by atoms with Crippen molar-refractivity contribution in [3.05, 3.63) is 12.2 Å².